The van der Waals surface area contributed by atoms with E-state index in [1.807, 2.05) is 50.2 Å². The lowest BCUT2D eigenvalue weighted by atomic mass is 10.0. The number of esters is 1. The van der Waals surface area contributed by atoms with Gasteiger partial charge in [-0.1, -0.05) is 36.4 Å². The van der Waals surface area contributed by atoms with E-state index < -0.39 is 6.04 Å². The molecule has 0 fully saturated rings. The van der Waals surface area contributed by atoms with Crippen LogP contribution in [0.2, 0.25) is 0 Å². The summed E-state index contributed by atoms with van der Waals surface area (Å²) < 4.78 is 4.88. The molecule has 0 aromatic heterocycles. The highest BCUT2D eigenvalue weighted by atomic mass is 16.5. The molecule has 0 aliphatic heterocycles. The SMILES string of the molecule is COC(=O)C(NC(C)C)c1ccc2ccccc2c1. The molecular formula is C16H19NO2. The van der Waals surface area contributed by atoms with Gasteiger partial charge in [-0.3, -0.25) is 5.32 Å². The molecule has 2 aromatic rings. The van der Waals surface area contributed by atoms with Crippen LogP contribution >= 0.6 is 0 Å². The normalized spacial score (nSPS) is 12.6. The molecule has 0 spiro atoms. The lowest BCUT2D eigenvalue weighted by Crippen LogP contribution is -2.34. The summed E-state index contributed by atoms with van der Waals surface area (Å²) >= 11 is 0. The molecule has 1 unspecified atom stereocenters. The smallest absolute Gasteiger partial charge is 0.327 e. The van der Waals surface area contributed by atoms with E-state index in [4.69, 9.17) is 4.74 Å². The van der Waals surface area contributed by atoms with E-state index in [1.54, 1.807) is 0 Å². The van der Waals surface area contributed by atoms with Crippen molar-refractivity contribution in [2.45, 2.75) is 25.9 Å². The van der Waals surface area contributed by atoms with Crippen LogP contribution < -0.4 is 5.32 Å². The van der Waals surface area contributed by atoms with Crippen molar-refractivity contribution in [3.8, 4) is 0 Å². The van der Waals surface area contributed by atoms with Gasteiger partial charge in [0, 0.05) is 6.04 Å². The summed E-state index contributed by atoms with van der Waals surface area (Å²) in [6, 6.07) is 13.9. The second-order valence-corrected chi connectivity index (χ2v) is 4.88. The number of hydrogen-bond acceptors (Lipinski definition) is 3. The van der Waals surface area contributed by atoms with E-state index in [0.29, 0.717) is 0 Å². The highest BCUT2D eigenvalue weighted by Crippen LogP contribution is 2.21. The number of carbonyl (C=O) groups is 1. The first-order valence-corrected chi connectivity index (χ1v) is 6.44. The molecule has 0 amide bonds. The van der Waals surface area contributed by atoms with Gasteiger partial charge in [-0.2, -0.15) is 0 Å². The van der Waals surface area contributed by atoms with Crippen molar-refractivity contribution in [3.63, 3.8) is 0 Å². The third-order valence-corrected chi connectivity index (χ3v) is 3.04. The predicted molar refractivity (Wildman–Crippen MR) is 77.0 cm³/mol. The average Bonchev–Trinajstić information content (AvgIpc) is 2.43. The van der Waals surface area contributed by atoms with Crippen LogP contribution in [0.25, 0.3) is 10.8 Å². The highest BCUT2D eigenvalue weighted by Gasteiger charge is 2.21. The molecule has 0 aliphatic rings. The fourth-order valence-electron chi connectivity index (χ4n) is 2.14. The third kappa shape index (κ3) is 3.12. The van der Waals surface area contributed by atoms with Gasteiger partial charge in [0.2, 0.25) is 0 Å². The topological polar surface area (TPSA) is 38.3 Å². The second-order valence-electron chi connectivity index (χ2n) is 4.88. The zero-order valence-corrected chi connectivity index (χ0v) is 11.5. The summed E-state index contributed by atoms with van der Waals surface area (Å²) in [4.78, 5) is 11.9. The summed E-state index contributed by atoms with van der Waals surface area (Å²) in [5, 5.41) is 5.53. The molecule has 1 atom stereocenters. The van der Waals surface area contributed by atoms with E-state index in [-0.39, 0.29) is 12.0 Å². The van der Waals surface area contributed by atoms with Gasteiger partial charge in [-0.15, -0.1) is 0 Å². The Hall–Kier alpha value is -1.87. The molecule has 0 bridgehead atoms. The number of methoxy groups -OCH3 is 1. The molecule has 2 rings (SSSR count). The minimum Gasteiger partial charge on any atom is -0.468 e. The number of hydrogen-bond donors (Lipinski definition) is 1. The van der Waals surface area contributed by atoms with Crippen molar-refractivity contribution in [1.29, 1.82) is 0 Å². The maximum absolute atomic E-state index is 11.9. The molecule has 2 aromatic carbocycles. The molecule has 3 heteroatoms. The molecule has 0 heterocycles. The lowest BCUT2D eigenvalue weighted by Gasteiger charge is -2.19. The Labute approximate surface area is 113 Å². The van der Waals surface area contributed by atoms with Crippen LogP contribution in [0.3, 0.4) is 0 Å². The molecule has 19 heavy (non-hydrogen) atoms. The number of benzene rings is 2. The number of rotatable bonds is 4. The van der Waals surface area contributed by atoms with Crippen molar-refractivity contribution in [2.24, 2.45) is 0 Å². The maximum atomic E-state index is 11.9. The maximum Gasteiger partial charge on any atom is 0.327 e. The summed E-state index contributed by atoms with van der Waals surface area (Å²) in [7, 11) is 1.42. The van der Waals surface area contributed by atoms with Crippen molar-refractivity contribution in [2.75, 3.05) is 7.11 Å². The van der Waals surface area contributed by atoms with Gasteiger partial charge in [0.05, 0.1) is 7.11 Å². The monoisotopic (exact) mass is 257 g/mol. The molecular weight excluding hydrogens is 238 g/mol. The Balaban J connectivity index is 2.40. The molecule has 0 aliphatic carbocycles. The van der Waals surface area contributed by atoms with Crippen molar-refractivity contribution < 1.29 is 9.53 Å². The molecule has 100 valence electrons. The first-order chi connectivity index (χ1) is 9.11. The van der Waals surface area contributed by atoms with Crippen molar-refractivity contribution >= 4 is 16.7 Å². The van der Waals surface area contributed by atoms with Crippen LogP contribution in [-0.4, -0.2) is 19.1 Å². The van der Waals surface area contributed by atoms with E-state index >= 15 is 0 Å². The average molecular weight is 257 g/mol. The number of fused-ring (bicyclic) bond motifs is 1. The standard InChI is InChI=1S/C16H19NO2/c1-11(2)17-15(16(18)19-3)14-9-8-12-6-4-5-7-13(12)10-14/h4-11,15,17H,1-3H3. The highest BCUT2D eigenvalue weighted by molar-refractivity contribution is 5.85. The van der Waals surface area contributed by atoms with E-state index in [9.17, 15) is 4.79 Å². The fourth-order valence-corrected chi connectivity index (χ4v) is 2.14. The van der Waals surface area contributed by atoms with Gasteiger partial charge in [0.1, 0.15) is 6.04 Å². The summed E-state index contributed by atoms with van der Waals surface area (Å²) in [6.45, 7) is 4.02. The van der Waals surface area contributed by atoms with Crippen molar-refractivity contribution in [3.05, 3.63) is 48.0 Å². The second kappa shape index (κ2) is 5.85. The summed E-state index contributed by atoms with van der Waals surface area (Å²) in [6.07, 6.45) is 0. The van der Waals surface area contributed by atoms with Gasteiger partial charge in [0.15, 0.2) is 0 Å². The molecule has 3 nitrogen and oxygen atoms in total. The van der Waals surface area contributed by atoms with Crippen LogP contribution in [0, 0.1) is 0 Å². The lowest BCUT2D eigenvalue weighted by molar-refractivity contribution is -0.143. The zero-order valence-electron chi connectivity index (χ0n) is 11.5. The first-order valence-electron chi connectivity index (χ1n) is 6.44. The molecule has 1 N–H and O–H groups in total. The Kier molecular flexibility index (Phi) is 4.17. The fraction of sp³-hybridized carbons (Fsp3) is 0.312. The van der Waals surface area contributed by atoms with Gasteiger partial charge in [-0.25, -0.2) is 4.79 Å². The van der Waals surface area contributed by atoms with Crippen molar-refractivity contribution in [1.82, 2.24) is 5.32 Å². The summed E-state index contributed by atoms with van der Waals surface area (Å²) in [5.74, 6) is -0.260. The minimum atomic E-state index is -0.422. The summed E-state index contributed by atoms with van der Waals surface area (Å²) in [5.41, 5.74) is 0.930. The minimum absolute atomic E-state index is 0.204. The Morgan fingerprint density at radius 2 is 1.79 bits per heavy atom. The van der Waals surface area contributed by atoms with Crippen LogP contribution in [0.4, 0.5) is 0 Å². The van der Waals surface area contributed by atoms with Crippen LogP contribution in [0.5, 0.6) is 0 Å². The Bertz CT molecular complexity index is 578. The van der Waals surface area contributed by atoms with Crippen LogP contribution in [0.15, 0.2) is 42.5 Å². The largest absolute Gasteiger partial charge is 0.468 e. The van der Waals surface area contributed by atoms with Gasteiger partial charge in [-0.05, 0) is 36.2 Å². The van der Waals surface area contributed by atoms with E-state index in [1.165, 1.54) is 12.5 Å². The van der Waals surface area contributed by atoms with Gasteiger partial charge >= 0.3 is 5.97 Å². The van der Waals surface area contributed by atoms with E-state index in [0.717, 1.165) is 10.9 Å². The van der Waals surface area contributed by atoms with Crippen LogP contribution in [-0.2, 0) is 9.53 Å². The molecule has 0 saturated heterocycles. The third-order valence-electron chi connectivity index (χ3n) is 3.04. The first kappa shape index (κ1) is 13.6. The Morgan fingerprint density at radius 3 is 2.42 bits per heavy atom. The van der Waals surface area contributed by atoms with Gasteiger partial charge < -0.3 is 4.74 Å². The number of ether oxygens (including phenoxy) is 1. The quantitative estimate of drug-likeness (QED) is 0.855. The zero-order chi connectivity index (χ0) is 13.8. The number of nitrogens with one attached hydrogen (secondary N) is 1. The van der Waals surface area contributed by atoms with Gasteiger partial charge in [0.25, 0.3) is 0 Å². The number of carbonyl (C=O) groups excluding carboxylic acids is 1. The molecule has 0 saturated carbocycles. The predicted octanol–water partition coefficient (Wildman–Crippen LogP) is 3.05. The van der Waals surface area contributed by atoms with Crippen LogP contribution in [0.1, 0.15) is 25.5 Å². The Morgan fingerprint density at radius 1 is 1.11 bits per heavy atom. The molecule has 0 radical (unpaired) electrons. The van der Waals surface area contributed by atoms with E-state index in [2.05, 4.69) is 11.4 Å².